The summed E-state index contributed by atoms with van der Waals surface area (Å²) < 4.78 is 10.5. The minimum absolute atomic E-state index is 0.226. The first-order valence-corrected chi connectivity index (χ1v) is 7.82. The van der Waals surface area contributed by atoms with Gasteiger partial charge in [0.05, 0.1) is 7.11 Å². The number of esters is 1. The summed E-state index contributed by atoms with van der Waals surface area (Å²) >= 11 is 0. The maximum absolute atomic E-state index is 11.9. The standard InChI is InChI=1S/C17H24N2O3/c1-11-8-19(9-12(2)18(11)3)13-5-6-16-14(7-13)15(10-22-16)17(20)21-4/h5-7,11-12,15H,8-10H2,1-4H3/t11-,12+,15?. The van der Waals surface area contributed by atoms with E-state index in [0.29, 0.717) is 18.7 Å². The van der Waals surface area contributed by atoms with Crippen molar-refractivity contribution in [1.29, 1.82) is 0 Å². The monoisotopic (exact) mass is 304 g/mol. The van der Waals surface area contributed by atoms with Gasteiger partial charge in [-0.1, -0.05) is 0 Å². The lowest BCUT2D eigenvalue weighted by molar-refractivity contribution is -0.142. The van der Waals surface area contributed by atoms with Crippen molar-refractivity contribution in [2.75, 3.05) is 38.8 Å². The molecule has 1 aromatic carbocycles. The van der Waals surface area contributed by atoms with E-state index in [1.54, 1.807) is 0 Å². The fourth-order valence-electron chi connectivity index (χ4n) is 3.35. The molecule has 1 fully saturated rings. The first-order valence-electron chi connectivity index (χ1n) is 7.82. The largest absolute Gasteiger partial charge is 0.492 e. The minimum Gasteiger partial charge on any atom is -0.492 e. The van der Waals surface area contributed by atoms with Gasteiger partial charge in [0.25, 0.3) is 0 Å². The number of hydrogen-bond acceptors (Lipinski definition) is 5. The highest BCUT2D eigenvalue weighted by atomic mass is 16.5. The lowest BCUT2D eigenvalue weighted by Gasteiger charge is -2.43. The highest BCUT2D eigenvalue weighted by Gasteiger charge is 2.33. The molecule has 2 heterocycles. The summed E-state index contributed by atoms with van der Waals surface area (Å²) in [5.74, 6) is 0.271. The van der Waals surface area contributed by atoms with E-state index in [2.05, 4.69) is 42.8 Å². The minimum atomic E-state index is -0.303. The van der Waals surface area contributed by atoms with Crippen LogP contribution in [0.3, 0.4) is 0 Å². The Labute approximate surface area is 131 Å². The van der Waals surface area contributed by atoms with Gasteiger partial charge < -0.3 is 14.4 Å². The second kappa shape index (κ2) is 5.80. The van der Waals surface area contributed by atoms with Crippen LogP contribution in [0.4, 0.5) is 5.69 Å². The number of hydrogen-bond donors (Lipinski definition) is 0. The van der Waals surface area contributed by atoms with Crippen LogP contribution in [-0.2, 0) is 9.53 Å². The van der Waals surface area contributed by atoms with Gasteiger partial charge in [-0.15, -0.1) is 0 Å². The maximum atomic E-state index is 11.9. The third-order valence-electron chi connectivity index (χ3n) is 4.98. The van der Waals surface area contributed by atoms with Gasteiger partial charge >= 0.3 is 5.97 Å². The predicted molar refractivity (Wildman–Crippen MR) is 85.6 cm³/mol. The van der Waals surface area contributed by atoms with Gasteiger partial charge in [-0.05, 0) is 39.1 Å². The van der Waals surface area contributed by atoms with Gasteiger partial charge in [-0.3, -0.25) is 9.69 Å². The lowest BCUT2D eigenvalue weighted by atomic mass is 10.00. The molecule has 1 unspecified atom stereocenters. The second-order valence-electron chi connectivity index (χ2n) is 6.38. The first kappa shape index (κ1) is 15.2. The summed E-state index contributed by atoms with van der Waals surface area (Å²) in [5, 5.41) is 0. The molecule has 0 amide bonds. The third kappa shape index (κ3) is 2.54. The van der Waals surface area contributed by atoms with Crippen LogP contribution in [0.25, 0.3) is 0 Å². The van der Waals surface area contributed by atoms with Crippen LogP contribution in [0.2, 0.25) is 0 Å². The summed E-state index contributed by atoms with van der Waals surface area (Å²) in [6.45, 7) is 6.85. The van der Waals surface area contributed by atoms with E-state index in [9.17, 15) is 4.79 Å². The second-order valence-corrected chi connectivity index (χ2v) is 6.38. The summed E-state index contributed by atoms with van der Waals surface area (Å²) in [6, 6.07) is 7.16. The van der Waals surface area contributed by atoms with Crippen molar-refractivity contribution in [3.63, 3.8) is 0 Å². The quantitative estimate of drug-likeness (QED) is 0.780. The molecule has 0 spiro atoms. The molecule has 0 N–H and O–H groups in total. The van der Waals surface area contributed by atoms with Crippen molar-refractivity contribution in [3.8, 4) is 5.75 Å². The first-order chi connectivity index (χ1) is 10.5. The number of methoxy groups -OCH3 is 1. The average molecular weight is 304 g/mol. The molecule has 120 valence electrons. The fraction of sp³-hybridized carbons (Fsp3) is 0.588. The lowest BCUT2D eigenvalue weighted by Crippen LogP contribution is -2.55. The van der Waals surface area contributed by atoms with Crippen molar-refractivity contribution >= 4 is 11.7 Å². The number of carbonyl (C=O) groups excluding carboxylic acids is 1. The molecule has 0 bridgehead atoms. The smallest absolute Gasteiger partial charge is 0.316 e. The van der Waals surface area contributed by atoms with Crippen LogP contribution in [0, 0.1) is 0 Å². The SMILES string of the molecule is COC(=O)C1COc2ccc(N3C[C@@H](C)N(C)[C@@H](C)C3)cc21. The number of carbonyl (C=O) groups is 1. The summed E-state index contributed by atoms with van der Waals surface area (Å²) in [4.78, 5) is 16.7. The normalized spacial score (nSPS) is 28.2. The molecule has 2 aliphatic rings. The highest BCUT2D eigenvalue weighted by molar-refractivity contribution is 5.81. The topological polar surface area (TPSA) is 42.0 Å². The number of benzene rings is 1. The fourth-order valence-corrected chi connectivity index (χ4v) is 3.35. The molecule has 5 heteroatoms. The molecule has 1 aromatic rings. The number of ether oxygens (including phenoxy) is 2. The van der Waals surface area contributed by atoms with Crippen molar-refractivity contribution < 1.29 is 14.3 Å². The zero-order valence-electron chi connectivity index (χ0n) is 13.7. The van der Waals surface area contributed by atoms with Crippen molar-refractivity contribution in [1.82, 2.24) is 4.90 Å². The molecule has 1 saturated heterocycles. The Balaban J connectivity index is 1.86. The van der Waals surface area contributed by atoms with Gasteiger partial charge in [0, 0.05) is 36.4 Å². The van der Waals surface area contributed by atoms with Crippen LogP contribution in [0.15, 0.2) is 18.2 Å². The van der Waals surface area contributed by atoms with Gasteiger partial charge in [0.2, 0.25) is 0 Å². The van der Waals surface area contributed by atoms with E-state index in [0.717, 1.165) is 30.1 Å². The summed E-state index contributed by atoms with van der Waals surface area (Å²) in [7, 11) is 3.60. The van der Waals surface area contributed by atoms with Gasteiger partial charge in [0.1, 0.15) is 18.3 Å². The van der Waals surface area contributed by atoms with Crippen LogP contribution in [0.5, 0.6) is 5.75 Å². The molecule has 5 nitrogen and oxygen atoms in total. The van der Waals surface area contributed by atoms with Gasteiger partial charge in [-0.2, -0.15) is 0 Å². The molecule has 0 radical (unpaired) electrons. The van der Waals surface area contributed by atoms with Crippen LogP contribution < -0.4 is 9.64 Å². The highest BCUT2D eigenvalue weighted by Crippen LogP contribution is 2.37. The zero-order valence-corrected chi connectivity index (χ0v) is 13.7. The van der Waals surface area contributed by atoms with Gasteiger partial charge in [0.15, 0.2) is 0 Å². The van der Waals surface area contributed by atoms with Crippen molar-refractivity contribution in [3.05, 3.63) is 23.8 Å². The van der Waals surface area contributed by atoms with E-state index < -0.39 is 0 Å². The Morgan fingerprint density at radius 3 is 2.59 bits per heavy atom. The Morgan fingerprint density at radius 2 is 1.95 bits per heavy atom. The number of piperazine rings is 1. The Kier molecular flexibility index (Phi) is 4.00. The van der Waals surface area contributed by atoms with E-state index in [-0.39, 0.29) is 11.9 Å². The zero-order chi connectivity index (χ0) is 15.9. The van der Waals surface area contributed by atoms with E-state index >= 15 is 0 Å². The van der Waals surface area contributed by atoms with Crippen molar-refractivity contribution in [2.45, 2.75) is 31.8 Å². The summed E-state index contributed by atoms with van der Waals surface area (Å²) in [6.07, 6.45) is 0. The van der Waals surface area contributed by atoms with E-state index in [4.69, 9.17) is 9.47 Å². The van der Waals surface area contributed by atoms with Gasteiger partial charge in [-0.25, -0.2) is 0 Å². The molecule has 0 aliphatic carbocycles. The number of anilines is 1. The Bertz CT molecular complexity index is 563. The third-order valence-corrected chi connectivity index (χ3v) is 4.98. The number of likely N-dealkylation sites (N-methyl/N-ethyl adjacent to an activating group) is 1. The molecule has 0 saturated carbocycles. The Hall–Kier alpha value is -1.75. The number of nitrogens with zero attached hydrogens (tertiary/aromatic N) is 2. The van der Waals surface area contributed by atoms with Crippen LogP contribution in [0.1, 0.15) is 25.3 Å². The maximum Gasteiger partial charge on any atom is 0.316 e. The van der Waals surface area contributed by atoms with Crippen LogP contribution >= 0.6 is 0 Å². The number of fused-ring (bicyclic) bond motifs is 1. The van der Waals surface area contributed by atoms with Crippen LogP contribution in [-0.4, -0.2) is 56.8 Å². The Morgan fingerprint density at radius 1 is 1.27 bits per heavy atom. The molecular weight excluding hydrogens is 280 g/mol. The molecule has 3 atom stereocenters. The number of rotatable bonds is 2. The van der Waals surface area contributed by atoms with Crippen molar-refractivity contribution in [2.24, 2.45) is 0 Å². The molecule has 22 heavy (non-hydrogen) atoms. The molecule has 0 aromatic heterocycles. The van der Waals surface area contributed by atoms with E-state index in [1.807, 2.05) is 6.07 Å². The molecule has 3 rings (SSSR count). The summed E-state index contributed by atoms with van der Waals surface area (Å²) in [5.41, 5.74) is 2.11. The predicted octanol–water partition coefficient (Wildman–Crippen LogP) is 1.86. The average Bonchev–Trinajstić information content (AvgIpc) is 2.94. The molecule has 2 aliphatic heterocycles. The van der Waals surface area contributed by atoms with E-state index in [1.165, 1.54) is 7.11 Å². The molecular formula is C17H24N2O3.